The van der Waals surface area contributed by atoms with Crippen LogP contribution in [0.5, 0.6) is 0 Å². The van der Waals surface area contributed by atoms with Gasteiger partial charge in [-0.2, -0.15) is 10.5 Å². The molecule has 0 fully saturated rings. The van der Waals surface area contributed by atoms with Crippen molar-refractivity contribution < 1.29 is 15.0 Å². The highest BCUT2D eigenvalue weighted by molar-refractivity contribution is 5.78. The minimum absolute atomic E-state index is 0.0674. The topological polar surface area (TPSA) is 112 Å². The van der Waals surface area contributed by atoms with Crippen LogP contribution in [0.25, 0.3) is 0 Å². The number of nitriles is 2. The van der Waals surface area contributed by atoms with Gasteiger partial charge in [0.2, 0.25) is 5.91 Å². The van der Waals surface area contributed by atoms with Gasteiger partial charge in [0.15, 0.2) is 0 Å². The molecule has 0 saturated heterocycles. The first-order valence-electron chi connectivity index (χ1n) is 6.15. The molecule has 2 N–H and O–H groups in total. The fraction of sp³-hybridized carbons (Fsp3) is 0.750. The average Bonchev–Trinajstić information content (AvgIpc) is 2.39. The monoisotopic (exact) mass is 268 g/mol. The number of aliphatic hydroxyl groups is 2. The van der Waals surface area contributed by atoms with Crippen LogP contribution < -0.4 is 0 Å². The van der Waals surface area contributed by atoms with Crippen LogP contribution >= 0.6 is 0 Å². The summed E-state index contributed by atoms with van der Waals surface area (Å²) in [5.41, 5.74) is 0. The molecule has 0 radical (unpaired) electrons. The van der Waals surface area contributed by atoms with Crippen molar-refractivity contribution in [2.75, 3.05) is 45.9 Å². The second-order valence-electron chi connectivity index (χ2n) is 3.92. The van der Waals surface area contributed by atoms with Crippen molar-refractivity contribution in [1.29, 1.82) is 10.5 Å². The van der Waals surface area contributed by atoms with Gasteiger partial charge >= 0.3 is 0 Å². The van der Waals surface area contributed by atoms with E-state index in [4.69, 9.17) is 20.7 Å². The molecule has 7 nitrogen and oxygen atoms in total. The lowest BCUT2D eigenvalue weighted by Crippen LogP contribution is -2.43. The molecule has 0 atom stereocenters. The summed E-state index contributed by atoms with van der Waals surface area (Å²) in [4.78, 5) is 15.1. The van der Waals surface area contributed by atoms with E-state index in [0.29, 0.717) is 26.2 Å². The third-order valence-corrected chi connectivity index (χ3v) is 2.53. The lowest BCUT2D eigenvalue weighted by Gasteiger charge is -2.25. The molecular weight excluding hydrogens is 248 g/mol. The molecule has 19 heavy (non-hydrogen) atoms. The van der Waals surface area contributed by atoms with E-state index < -0.39 is 0 Å². The zero-order chi connectivity index (χ0) is 14.5. The van der Waals surface area contributed by atoms with Crippen LogP contribution in [0.15, 0.2) is 0 Å². The van der Waals surface area contributed by atoms with E-state index in [1.807, 2.05) is 12.1 Å². The Bertz CT molecular complexity index is 311. The number of aliphatic hydroxyl groups excluding tert-OH is 2. The molecule has 0 aliphatic heterocycles. The molecule has 0 bridgehead atoms. The highest BCUT2D eigenvalue weighted by Gasteiger charge is 2.16. The lowest BCUT2D eigenvalue weighted by atomic mass is 10.3. The molecule has 7 heteroatoms. The van der Waals surface area contributed by atoms with Gasteiger partial charge in [0.25, 0.3) is 0 Å². The summed E-state index contributed by atoms with van der Waals surface area (Å²) < 4.78 is 0. The molecule has 0 aromatic heterocycles. The van der Waals surface area contributed by atoms with Gasteiger partial charge in [-0.05, 0) is 0 Å². The highest BCUT2D eigenvalue weighted by atomic mass is 16.3. The predicted octanol–water partition coefficient (Wildman–Crippen LogP) is -1.07. The van der Waals surface area contributed by atoms with E-state index in [0.717, 1.165) is 0 Å². The third-order valence-electron chi connectivity index (χ3n) is 2.53. The Balaban J connectivity index is 4.41. The maximum absolute atomic E-state index is 12.0. The predicted molar refractivity (Wildman–Crippen MR) is 67.7 cm³/mol. The van der Waals surface area contributed by atoms with Gasteiger partial charge in [-0.15, -0.1) is 0 Å². The smallest absolute Gasteiger partial charge is 0.236 e. The summed E-state index contributed by atoms with van der Waals surface area (Å²) >= 11 is 0. The first-order chi connectivity index (χ1) is 9.19. The normalized spacial score (nSPS) is 9.95. The van der Waals surface area contributed by atoms with Gasteiger partial charge in [-0.1, -0.05) is 0 Å². The number of rotatable bonds is 10. The van der Waals surface area contributed by atoms with E-state index in [-0.39, 0.29) is 38.5 Å². The minimum atomic E-state index is -0.201. The molecule has 0 unspecified atom stereocenters. The number of amides is 1. The number of nitrogens with zero attached hydrogens (tertiary/aromatic N) is 4. The Labute approximate surface area is 113 Å². The molecule has 0 spiro atoms. The van der Waals surface area contributed by atoms with E-state index in [1.165, 1.54) is 4.90 Å². The van der Waals surface area contributed by atoms with Gasteiger partial charge in [0.05, 0.1) is 44.7 Å². The van der Waals surface area contributed by atoms with Crippen LogP contribution in [0.2, 0.25) is 0 Å². The zero-order valence-electron chi connectivity index (χ0n) is 11.0. The van der Waals surface area contributed by atoms with Crippen LogP contribution in [0.3, 0.4) is 0 Å². The van der Waals surface area contributed by atoms with Crippen molar-refractivity contribution in [3.05, 3.63) is 0 Å². The standard InChI is InChI=1S/C12H20N4O3/c13-3-1-5-16(6-2-4-14)12(19)11-15(7-9-17)8-10-18/h17-18H,1-2,5-11H2. The van der Waals surface area contributed by atoms with Crippen LogP contribution in [0.1, 0.15) is 12.8 Å². The Morgan fingerprint density at radius 2 is 1.42 bits per heavy atom. The van der Waals surface area contributed by atoms with Crippen LogP contribution in [0.4, 0.5) is 0 Å². The molecular formula is C12H20N4O3. The Hall–Kier alpha value is -1.67. The molecule has 0 aromatic rings. The van der Waals surface area contributed by atoms with E-state index in [1.54, 1.807) is 4.90 Å². The van der Waals surface area contributed by atoms with Gasteiger partial charge in [0, 0.05) is 26.2 Å². The van der Waals surface area contributed by atoms with Crippen molar-refractivity contribution in [3.8, 4) is 12.1 Å². The van der Waals surface area contributed by atoms with E-state index in [9.17, 15) is 4.79 Å². The zero-order valence-corrected chi connectivity index (χ0v) is 11.0. The molecule has 106 valence electrons. The minimum Gasteiger partial charge on any atom is -0.395 e. The molecule has 0 saturated carbocycles. The Morgan fingerprint density at radius 1 is 0.947 bits per heavy atom. The highest BCUT2D eigenvalue weighted by Crippen LogP contribution is 1.98. The Kier molecular flexibility index (Phi) is 10.4. The van der Waals surface area contributed by atoms with Crippen LogP contribution in [-0.2, 0) is 4.79 Å². The number of carbonyl (C=O) groups excluding carboxylic acids is 1. The lowest BCUT2D eigenvalue weighted by molar-refractivity contribution is -0.132. The number of carbonyl (C=O) groups is 1. The van der Waals surface area contributed by atoms with Gasteiger partial charge in [-0.3, -0.25) is 9.69 Å². The van der Waals surface area contributed by atoms with Crippen LogP contribution in [-0.4, -0.2) is 71.9 Å². The van der Waals surface area contributed by atoms with Crippen LogP contribution in [0, 0.1) is 22.7 Å². The van der Waals surface area contributed by atoms with E-state index >= 15 is 0 Å². The summed E-state index contributed by atoms with van der Waals surface area (Å²) in [6.07, 6.45) is 0.439. The maximum atomic E-state index is 12.0. The molecule has 0 aromatic carbocycles. The van der Waals surface area contributed by atoms with Crippen molar-refractivity contribution in [2.45, 2.75) is 12.8 Å². The Morgan fingerprint density at radius 3 is 1.79 bits per heavy atom. The van der Waals surface area contributed by atoms with Crippen molar-refractivity contribution in [3.63, 3.8) is 0 Å². The van der Waals surface area contributed by atoms with Crippen molar-refractivity contribution in [2.24, 2.45) is 0 Å². The molecule has 0 heterocycles. The summed E-state index contributed by atoms with van der Waals surface area (Å²) in [7, 11) is 0. The maximum Gasteiger partial charge on any atom is 0.236 e. The number of hydrogen-bond donors (Lipinski definition) is 2. The second-order valence-corrected chi connectivity index (χ2v) is 3.92. The summed E-state index contributed by atoms with van der Waals surface area (Å²) in [6.45, 7) is 1.07. The second kappa shape index (κ2) is 11.4. The van der Waals surface area contributed by atoms with Gasteiger partial charge in [0.1, 0.15) is 0 Å². The summed E-state index contributed by atoms with van der Waals surface area (Å²) in [5, 5.41) is 34.8. The average molecular weight is 268 g/mol. The van der Waals surface area contributed by atoms with Crippen molar-refractivity contribution in [1.82, 2.24) is 9.80 Å². The summed E-state index contributed by atoms with van der Waals surface area (Å²) in [6, 6.07) is 3.93. The summed E-state index contributed by atoms with van der Waals surface area (Å²) in [5.74, 6) is -0.201. The molecule has 0 aliphatic rings. The quantitative estimate of drug-likeness (QED) is 0.522. The number of hydrogen-bond acceptors (Lipinski definition) is 6. The molecule has 1 amide bonds. The third kappa shape index (κ3) is 8.11. The van der Waals surface area contributed by atoms with Crippen molar-refractivity contribution >= 4 is 5.91 Å². The molecule has 0 rings (SSSR count). The van der Waals surface area contributed by atoms with E-state index in [2.05, 4.69) is 0 Å². The first kappa shape index (κ1) is 17.3. The first-order valence-corrected chi connectivity index (χ1v) is 6.15. The largest absolute Gasteiger partial charge is 0.395 e. The fourth-order valence-corrected chi connectivity index (χ4v) is 1.58. The van der Waals surface area contributed by atoms with Gasteiger partial charge in [-0.25, -0.2) is 0 Å². The fourth-order valence-electron chi connectivity index (χ4n) is 1.58. The SMILES string of the molecule is N#CCCN(CCC#N)C(=O)CN(CCO)CCO. The molecule has 0 aliphatic carbocycles. The van der Waals surface area contributed by atoms with Gasteiger partial charge < -0.3 is 15.1 Å².